The number of unbranched alkanes of at least 4 members (excludes halogenated alkanes) is 1. The second-order valence-electron chi connectivity index (χ2n) is 4.55. The smallest absolute Gasteiger partial charge is 0.462 e. The summed E-state index contributed by atoms with van der Waals surface area (Å²) in [5, 5.41) is 0.745. The van der Waals surface area contributed by atoms with Crippen LogP contribution in [0.5, 0.6) is 0 Å². The van der Waals surface area contributed by atoms with Crippen LogP contribution < -0.4 is 0 Å². The van der Waals surface area contributed by atoms with E-state index in [-0.39, 0.29) is 19.2 Å². The fourth-order valence-corrected chi connectivity index (χ4v) is 4.83. The van der Waals surface area contributed by atoms with Gasteiger partial charge in [0.25, 0.3) is 0 Å². The van der Waals surface area contributed by atoms with E-state index in [2.05, 4.69) is 9.47 Å². The molecule has 0 aliphatic carbocycles. The minimum Gasteiger partial charge on any atom is -0.462 e. The van der Waals surface area contributed by atoms with Crippen molar-refractivity contribution in [2.45, 2.75) is 49.8 Å². The maximum atomic E-state index is 11.4. The largest absolute Gasteiger partial charge is 0.509 e. The number of alkyl halides is 1. The molecule has 0 aromatic rings. The van der Waals surface area contributed by atoms with Gasteiger partial charge in [-0.15, -0.1) is 0 Å². The van der Waals surface area contributed by atoms with Gasteiger partial charge in [-0.3, -0.25) is 4.79 Å². The molecule has 21 heavy (non-hydrogen) atoms. The summed E-state index contributed by atoms with van der Waals surface area (Å²) >= 11 is 5.44. The van der Waals surface area contributed by atoms with E-state index >= 15 is 0 Å². The first-order valence-corrected chi connectivity index (χ1v) is 9.81. The molecular formula is C13H21ClO5S2. The number of carbonyl (C=O) groups excluding carboxylic acids is 2. The molecule has 1 fully saturated rings. The first-order valence-electron chi connectivity index (χ1n) is 6.99. The van der Waals surface area contributed by atoms with Crippen molar-refractivity contribution in [1.82, 2.24) is 0 Å². The number of rotatable bonds is 9. The molecule has 1 saturated heterocycles. The topological polar surface area (TPSA) is 61.8 Å². The normalized spacial score (nSPS) is 19.0. The third kappa shape index (κ3) is 10.1. The fourth-order valence-electron chi connectivity index (χ4n) is 1.73. The van der Waals surface area contributed by atoms with E-state index in [1.54, 1.807) is 0 Å². The maximum Gasteiger partial charge on any atom is 0.509 e. The lowest BCUT2D eigenvalue weighted by Gasteiger charge is -2.08. The number of hydrogen-bond acceptors (Lipinski definition) is 7. The average Bonchev–Trinajstić information content (AvgIpc) is 2.92. The highest BCUT2D eigenvalue weighted by Crippen LogP contribution is 2.39. The SMILES string of the molecule is CC(Cl)OC(=O)OCCOC(=O)CCCCC1CCSS1. The molecule has 122 valence electrons. The van der Waals surface area contributed by atoms with Gasteiger partial charge in [0, 0.05) is 17.4 Å². The standard InChI is InChI=1S/C13H21ClO5S2/c1-10(14)19-13(16)18-8-7-17-12(15)5-3-2-4-11-6-9-20-21-11/h10-11H,2-9H2,1H3. The van der Waals surface area contributed by atoms with Crippen molar-refractivity contribution < 1.29 is 23.8 Å². The molecule has 1 aliphatic rings. The van der Waals surface area contributed by atoms with Crippen molar-refractivity contribution in [3.8, 4) is 0 Å². The number of ether oxygens (including phenoxy) is 3. The Morgan fingerprint density at radius 1 is 1.29 bits per heavy atom. The highest BCUT2D eigenvalue weighted by molar-refractivity contribution is 8.77. The Kier molecular flexibility index (Phi) is 10.1. The van der Waals surface area contributed by atoms with Gasteiger partial charge >= 0.3 is 12.1 Å². The quantitative estimate of drug-likeness (QED) is 0.268. The molecular weight excluding hydrogens is 336 g/mol. The Hall–Kier alpha value is -0.270. The zero-order chi connectivity index (χ0) is 15.5. The first kappa shape index (κ1) is 18.8. The average molecular weight is 357 g/mol. The van der Waals surface area contributed by atoms with Crippen LogP contribution in [0.3, 0.4) is 0 Å². The van der Waals surface area contributed by atoms with Crippen LogP contribution >= 0.6 is 33.2 Å². The van der Waals surface area contributed by atoms with Crippen LogP contribution in [-0.2, 0) is 19.0 Å². The van der Waals surface area contributed by atoms with Crippen LogP contribution in [0.15, 0.2) is 0 Å². The van der Waals surface area contributed by atoms with E-state index in [0.29, 0.717) is 6.42 Å². The van der Waals surface area contributed by atoms with Gasteiger partial charge in [0.2, 0.25) is 0 Å². The molecule has 8 heteroatoms. The van der Waals surface area contributed by atoms with Crippen molar-refractivity contribution >= 4 is 45.3 Å². The molecule has 0 N–H and O–H groups in total. The van der Waals surface area contributed by atoms with Gasteiger partial charge < -0.3 is 14.2 Å². The summed E-state index contributed by atoms with van der Waals surface area (Å²) in [5.74, 6) is 0.980. The van der Waals surface area contributed by atoms with E-state index in [4.69, 9.17) is 16.3 Å². The van der Waals surface area contributed by atoms with E-state index < -0.39 is 11.7 Å². The molecule has 0 bridgehead atoms. The van der Waals surface area contributed by atoms with Crippen molar-refractivity contribution in [3.63, 3.8) is 0 Å². The van der Waals surface area contributed by atoms with Crippen molar-refractivity contribution in [2.24, 2.45) is 0 Å². The first-order chi connectivity index (χ1) is 10.1. The molecule has 1 heterocycles. The molecule has 0 aromatic carbocycles. The van der Waals surface area contributed by atoms with Crippen LogP contribution in [0, 0.1) is 0 Å². The molecule has 0 saturated carbocycles. The molecule has 2 atom stereocenters. The minimum atomic E-state index is -0.861. The molecule has 2 unspecified atom stereocenters. The van der Waals surface area contributed by atoms with Crippen molar-refractivity contribution in [3.05, 3.63) is 0 Å². The summed E-state index contributed by atoms with van der Waals surface area (Å²) in [7, 11) is 3.89. The summed E-state index contributed by atoms with van der Waals surface area (Å²) < 4.78 is 14.2. The van der Waals surface area contributed by atoms with Gasteiger partial charge in [0.1, 0.15) is 13.2 Å². The highest BCUT2D eigenvalue weighted by atomic mass is 35.5. The van der Waals surface area contributed by atoms with E-state index in [9.17, 15) is 9.59 Å². The fraction of sp³-hybridized carbons (Fsp3) is 0.846. The van der Waals surface area contributed by atoms with Gasteiger partial charge in [-0.1, -0.05) is 39.6 Å². The van der Waals surface area contributed by atoms with E-state index in [0.717, 1.165) is 24.5 Å². The predicted molar refractivity (Wildman–Crippen MR) is 85.6 cm³/mol. The molecule has 0 amide bonds. The van der Waals surface area contributed by atoms with Gasteiger partial charge in [-0.05, 0) is 26.2 Å². The second kappa shape index (κ2) is 11.3. The summed E-state index contributed by atoms with van der Waals surface area (Å²) in [6.07, 6.45) is 3.87. The molecule has 1 rings (SSSR count). The van der Waals surface area contributed by atoms with Crippen molar-refractivity contribution in [2.75, 3.05) is 19.0 Å². The van der Waals surface area contributed by atoms with Gasteiger partial charge in [0.15, 0.2) is 5.56 Å². The Balaban J connectivity index is 1.90. The summed E-state index contributed by atoms with van der Waals surface area (Å²) in [4.78, 5) is 22.4. The summed E-state index contributed by atoms with van der Waals surface area (Å²) in [5.41, 5.74) is -0.739. The second-order valence-corrected chi connectivity index (χ2v) is 7.96. The zero-order valence-electron chi connectivity index (χ0n) is 12.0. The van der Waals surface area contributed by atoms with Gasteiger partial charge in [0.05, 0.1) is 0 Å². The molecule has 0 aromatic heterocycles. The van der Waals surface area contributed by atoms with E-state index in [1.807, 2.05) is 21.6 Å². The lowest BCUT2D eigenvalue weighted by Crippen LogP contribution is -2.16. The molecule has 1 aliphatic heterocycles. The number of halogens is 1. The lowest BCUT2D eigenvalue weighted by atomic mass is 10.1. The third-order valence-corrected chi connectivity index (χ3v) is 5.81. The highest BCUT2D eigenvalue weighted by Gasteiger charge is 2.16. The maximum absolute atomic E-state index is 11.4. The Labute approximate surface area is 138 Å². The molecule has 5 nitrogen and oxygen atoms in total. The van der Waals surface area contributed by atoms with Crippen LogP contribution in [0.4, 0.5) is 4.79 Å². The summed E-state index contributed by atoms with van der Waals surface area (Å²) in [6.45, 7) is 1.52. The lowest BCUT2D eigenvalue weighted by molar-refractivity contribution is -0.145. The summed E-state index contributed by atoms with van der Waals surface area (Å²) in [6, 6.07) is 0. The zero-order valence-corrected chi connectivity index (χ0v) is 14.4. The van der Waals surface area contributed by atoms with E-state index in [1.165, 1.54) is 19.1 Å². The van der Waals surface area contributed by atoms with Crippen LogP contribution in [0.1, 0.15) is 39.0 Å². The van der Waals surface area contributed by atoms with Crippen LogP contribution in [0.25, 0.3) is 0 Å². The monoisotopic (exact) mass is 356 g/mol. The van der Waals surface area contributed by atoms with Crippen LogP contribution in [0.2, 0.25) is 0 Å². The number of hydrogen-bond donors (Lipinski definition) is 0. The Bertz CT molecular complexity index is 322. The number of esters is 1. The van der Waals surface area contributed by atoms with Gasteiger partial charge in [-0.2, -0.15) is 0 Å². The Morgan fingerprint density at radius 3 is 2.71 bits per heavy atom. The molecule has 0 radical (unpaired) electrons. The Morgan fingerprint density at radius 2 is 2.05 bits per heavy atom. The van der Waals surface area contributed by atoms with Crippen LogP contribution in [-0.4, -0.2) is 41.9 Å². The predicted octanol–water partition coefficient (Wildman–Crippen LogP) is 3.98. The molecule has 0 spiro atoms. The number of carbonyl (C=O) groups is 2. The van der Waals surface area contributed by atoms with Crippen molar-refractivity contribution in [1.29, 1.82) is 0 Å². The minimum absolute atomic E-state index is 0.0237. The third-order valence-electron chi connectivity index (χ3n) is 2.71. The van der Waals surface area contributed by atoms with Gasteiger partial charge in [-0.25, -0.2) is 4.79 Å².